The number of hydrogen-bond donors (Lipinski definition) is 3. The molecule has 14 heteroatoms. The summed E-state index contributed by atoms with van der Waals surface area (Å²) in [7, 11) is -5.87. The van der Waals surface area contributed by atoms with Crippen molar-refractivity contribution in [3.05, 3.63) is 71.5 Å². The Bertz CT molecular complexity index is 1400. The Balaban J connectivity index is 2.11. The van der Waals surface area contributed by atoms with E-state index in [4.69, 9.17) is 19.8 Å². The summed E-state index contributed by atoms with van der Waals surface area (Å²) < 4.78 is 63.6. The molecule has 0 bridgehead atoms. The third kappa shape index (κ3) is 9.50. The molecule has 188 valence electrons. The van der Waals surface area contributed by atoms with Crippen LogP contribution in [0.25, 0.3) is 12.2 Å². The number of allylic oxidation sites excluding steroid dienone is 3. The Labute approximate surface area is 202 Å². The smallest absolute Gasteiger partial charge is 0.380 e. The predicted molar refractivity (Wildman–Crippen MR) is 127 cm³/mol. The topological polar surface area (TPSA) is 195 Å². The summed E-state index contributed by atoms with van der Waals surface area (Å²) in [4.78, 5) is 12.1. The Kier molecular flexibility index (Phi) is 9.02. The van der Waals surface area contributed by atoms with E-state index in [1.165, 1.54) is 74.9 Å². The second-order valence-corrected chi connectivity index (χ2v) is 8.92. The van der Waals surface area contributed by atoms with Crippen molar-refractivity contribution in [1.29, 1.82) is 0 Å². The van der Waals surface area contributed by atoms with Crippen LogP contribution in [0.15, 0.2) is 60.4 Å². The first-order valence-electron chi connectivity index (χ1n) is 9.41. The SMILES string of the molecule is COc1cc(/C=C/C(=O)/C=C(O)/C=C/c2ccc(OS(N)(=O)=O)c(OC)c2)ccc1OS(N)(=O)=O. The summed E-state index contributed by atoms with van der Waals surface area (Å²) in [6.45, 7) is 0. The van der Waals surface area contributed by atoms with Gasteiger partial charge in [-0.1, -0.05) is 24.3 Å². The average Bonchev–Trinajstić information content (AvgIpc) is 2.75. The maximum absolute atomic E-state index is 12.1. The molecule has 0 unspecified atom stereocenters. The summed E-state index contributed by atoms with van der Waals surface area (Å²) >= 11 is 0. The lowest BCUT2D eigenvalue weighted by molar-refractivity contribution is -0.110. The van der Waals surface area contributed by atoms with Gasteiger partial charge in [0.25, 0.3) is 0 Å². The minimum absolute atomic E-state index is 0.0749. The summed E-state index contributed by atoms with van der Waals surface area (Å²) in [6, 6.07) is 8.41. The number of carbonyl (C=O) groups excluding carboxylic acids is 1. The minimum Gasteiger partial charge on any atom is -0.508 e. The molecule has 2 aromatic carbocycles. The van der Waals surface area contributed by atoms with E-state index < -0.39 is 26.4 Å². The highest BCUT2D eigenvalue weighted by Gasteiger charge is 2.12. The maximum Gasteiger partial charge on any atom is 0.380 e. The number of methoxy groups -OCH3 is 2. The molecular formula is C21H22N2O10S2. The normalized spacial score (nSPS) is 12.6. The lowest BCUT2D eigenvalue weighted by atomic mass is 10.1. The summed E-state index contributed by atoms with van der Waals surface area (Å²) in [5.74, 6) is -0.996. The van der Waals surface area contributed by atoms with Crippen molar-refractivity contribution in [3.63, 3.8) is 0 Å². The average molecular weight is 527 g/mol. The molecule has 35 heavy (non-hydrogen) atoms. The first kappa shape index (κ1) is 27.4. The van der Waals surface area contributed by atoms with Crippen molar-refractivity contribution < 1.29 is 44.6 Å². The van der Waals surface area contributed by atoms with Gasteiger partial charge in [0, 0.05) is 6.08 Å². The Morgan fingerprint density at radius 1 is 0.771 bits per heavy atom. The van der Waals surface area contributed by atoms with Crippen molar-refractivity contribution in [2.75, 3.05) is 14.2 Å². The van der Waals surface area contributed by atoms with Crippen molar-refractivity contribution in [1.82, 2.24) is 0 Å². The Morgan fingerprint density at radius 3 is 1.60 bits per heavy atom. The van der Waals surface area contributed by atoms with Gasteiger partial charge in [-0.25, -0.2) is 0 Å². The number of aliphatic hydroxyl groups is 1. The summed E-state index contributed by atoms with van der Waals surface area (Å²) in [5, 5.41) is 19.7. The maximum atomic E-state index is 12.1. The van der Waals surface area contributed by atoms with E-state index >= 15 is 0 Å². The van der Waals surface area contributed by atoms with Crippen LogP contribution in [-0.4, -0.2) is 41.9 Å². The van der Waals surface area contributed by atoms with Gasteiger partial charge in [0.15, 0.2) is 28.8 Å². The number of benzene rings is 2. The van der Waals surface area contributed by atoms with Crippen LogP contribution in [0.2, 0.25) is 0 Å². The number of aliphatic hydroxyl groups excluding tert-OH is 1. The Hall–Kier alpha value is -3.85. The molecule has 2 rings (SSSR count). The highest BCUT2D eigenvalue weighted by molar-refractivity contribution is 7.85. The van der Waals surface area contributed by atoms with Crippen LogP contribution in [0, 0.1) is 0 Å². The lowest BCUT2D eigenvalue weighted by Gasteiger charge is -2.08. The van der Waals surface area contributed by atoms with Crippen molar-refractivity contribution in [2.45, 2.75) is 0 Å². The number of rotatable bonds is 11. The van der Waals surface area contributed by atoms with Crippen molar-refractivity contribution in [2.24, 2.45) is 10.3 Å². The van der Waals surface area contributed by atoms with Gasteiger partial charge in [-0.2, -0.15) is 27.1 Å². The molecule has 0 amide bonds. The molecule has 0 aliphatic rings. The number of carbonyl (C=O) groups is 1. The zero-order valence-corrected chi connectivity index (χ0v) is 20.1. The highest BCUT2D eigenvalue weighted by atomic mass is 32.2. The molecule has 0 aliphatic carbocycles. The van der Waals surface area contributed by atoms with E-state index in [-0.39, 0.29) is 28.8 Å². The molecule has 0 aliphatic heterocycles. The van der Waals surface area contributed by atoms with Crippen LogP contribution in [0.3, 0.4) is 0 Å². The second kappa shape index (κ2) is 11.5. The molecule has 5 N–H and O–H groups in total. The van der Waals surface area contributed by atoms with Crippen LogP contribution in [-0.2, 0) is 25.4 Å². The van der Waals surface area contributed by atoms with Crippen LogP contribution in [0.1, 0.15) is 11.1 Å². The first-order valence-corrected chi connectivity index (χ1v) is 12.3. The zero-order valence-electron chi connectivity index (χ0n) is 18.4. The van der Waals surface area contributed by atoms with Gasteiger partial charge >= 0.3 is 20.6 Å². The molecule has 0 heterocycles. The number of ether oxygens (including phenoxy) is 2. The van der Waals surface area contributed by atoms with Crippen LogP contribution in [0.4, 0.5) is 0 Å². The van der Waals surface area contributed by atoms with E-state index in [0.717, 1.165) is 6.08 Å². The fraction of sp³-hybridized carbons (Fsp3) is 0.0952. The third-order valence-corrected chi connectivity index (χ3v) is 4.79. The molecule has 2 aromatic rings. The van der Waals surface area contributed by atoms with Crippen LogP contribution >= 0.6 is 0 Å². The molecule has 0 saturated heterocycles. The lowest BCUT2D eigenvalue weighted by Crippen LogP contribution is -2.19. The first-order chi connectivity index (χ1) is 16.3. The van der Waals surface area contributed by atoms with Gasteiger partial charge in [-0.15, -0.1) is 0 Å². The molecule has 0 radical (unpaired) electrons. The van der Waals surface area contributed by atoms with E-state index in [9.17, 15) is 26.7 Å². The fourth-order valence-corrected chi connectivity index (χ4v) is 3.34. The van der Waals surface area contributed by atoms with E-state index in [1.807, 2.05) is 0 Å². The molecule has 0 spiro atoms. The van der Waals surface area contributed by atoms with Gasteiger partial charge in [-0.3, -0.25) is 4.79 Å². The largest absolute Gasteiger partial charge is 0.508 e. The van der Waals surface area contributed by atoms with Gasteiger partial charge in [-0.05, 0) is 47.5 Å². The number of hydrogen-bond acceptors (Lipinski definition) is 10. The Morgan fingerprint density at radius 2 is 1.20 bits per heavy atom. The monoisotopic (exact) mass is 526 g/mol. The second-order valence-electron chi connectivity index (χ2n) is 6.61. The summed E-state index contributed by atoms with van der Waals surface area (Å²) in [6.07, 6.45) is 6.22. The van der Waals surface area contributed by atoms with E-state index in [2.05, 4.69) is 8.37 Å². The molecule has 0 saturated carbocycles. The molecular weight excluding hydrogens is 504 g/mol. The predicted octanol–water partition coefficient (Wildman–Crippen LogP) is 1.61. The molecule has 12 nitrogen and oxygen atoms in total. The van der Waals surface area contributed by atoms with Crippen LogP contribution < -0.4 is 28.1 Å². The zero-order chi connectivity index (χ0) is 26.2. The third-order valence-electron chi connectivity index (χ3n) is 3.96. The number of nitrogens with two attached hydrogens (primary N) is 2. The molecule has 0 atom stereocenters. The van der Waals surface area contributed by atoms with Crippen LogP contribution in [0.5, 0.6) is 23.0 Å². The highest BCUT2D eigenvalue weighted by Crippen LogP contribution is 2.30. The molecule has 0 fully saturated rings. The minimum atomic E-state index is -4.24. The van der Waals surface area contributed by atoms with Gasteiger partial charge in [0.1, 0.15) is 5.76 Å². The standard InChI is InChI=1S/C21H22N2O10S2/c1-30-20-11-14(5-9-18(20)32-34(22,26)27)3-7-16(24)13-17(25)8-4-15-6-10-19(21(12-15)31-2)33-35(23,28)29/h3-13,24H,1-2H3,(H2,22,26,27)(H2,23,28,29)/b7-3+,8-4+,16-13-. The van der Waals surface area contributed by atoms with Gasteiger partial charge in [0.05, 0.1) is 14.2 Å². The van der Waals surface area contributed by atoms with Gasteiger partial charge in [0.2, 0.25) is 0 Å². The van der Waals surface area contributed by atoms with E-state index in [1.54, 1.807) is 0 Å². The van der Waals surface area contributed by atoms with Crippen molar-refractivity contribution >= 4 is 38.5 Å². The molecule has 0 aromatic heterocycles. The van der Waals surface area contributed by atoms with E-state index in [0.29, 0.717) is 11.1 Å². The van der Waals surface area contributed by atoms with Crippen molar-refractivity contribution in [3.8, 4) is 23.0 Å². The summed E-state index contributed by atoms with van der Waals surface area (Å²) in [5.41, 5.74) is 0.981. The fourth-order valence-electron chi connectivity index (χ4n) is 2.57. The number of ketones is 1. The van der Waals surface area contributed by atoms with Gasteiger partial charge < -0.3 is 22.9 Å². The quantitative estimate of drug-likeness (QED) is 0.220.